The van der Waals surface area contributed by atoms with E-state index >= 15 is 0 Å². The van der Waals surface area contributed by atoms with E-state index in [1.807, 2.05) is 18.1 Å². The fourth-order valence-corrected chi connectivity index (χ4v) is 3.15. The Morgan fingerprint density at radius 3 is 2.61 bits per heavy atom. The van der Waals surface area contributed by atoms with Crippen molar-refractivity contribution >= 4 is 5.91 Å². The van der Waals surface area contributed by atoms with Gasteiger partial charge in [0.1, 0.15) is 0 Å². The second-order valence-electron chi connectivity index (χ2n) is 5.38. The Morgan fingerprint density at radius 1 is 1.28 bits per heavy atom. The molecule has 2 saturated heterocycles. The van der Waals surface area contributed by atoms with Gasteiger partial charge in [0, 0.05) is 31.4 Å². The number of hydrogen-bond acceptors (Lipinski definition) is 3. The number of rotatable bonds is 2. The van der Waals surface area contributed by atoms with Crippen LogP contribution in [0.4, 0.5) is 0 Å². The first-order valence-corrected chi connectivity index (χ1v) is 6.73. The number of imidazole rings is 1. The third-order valence-corrected chi connectivity index (χ3v) is 4.33. The molecule has 0 bridgehead atoms. The first kappa shape index (κ1) is 11.7. The second kappa shape index (κ2) is 4.72. The van der Waals surface area contributed by atoms with E-state index in [4.69, 9.17) is 0 Å². The molecule has 0 aliphatic carbocycles. The van der Waals surface area contributed by atoms with Gasteiger partial charge in [-0.05, 0) is 32.4 Å². The van der Waals surface area contributed by atoms with E-state index in [1.165, 1.54) is 5.69 Å². The summed E-state index contributed by atoms with van der Waals surface area (Å²) in [5.74, 6) is 0.882. The van der Waals surface area contributed by atoms with Crippen LogP contribution in [0.2, 0.25) is 0 Å². The van der Waals surface area contributed by atoms with Crippen LogP contribution < -0.4 is 0 Å². The molecule has 2 aliphatic heterocycles. The largest absolute Gasteiger partial charge is 0.348 e. The molecule has 1 N–H and O–H groups in total. The molecule has 5 nitrogen and oxygen atoms in total. The van der Waals surface area contributed by atoms with Crippen molar-refractivity contribution < 1.29 is 4.79 Å². The quantitative estimate of drug-likeness (QED) is 0.843. The predicted octanol–water partition coefficient (Wildman–Crippen LogP) is 0.820. The number of amides is 1. The van der Waals surface area contributed by atoms with Gasteiger partial charge in [0.15, 0.2) is 0 Å². The SMILES string of the molecule is CN1CCC(N2CCC(c3cnc[nH]3)CC2)C1=O. The zero-order valence-electron chi connectivity index (χ0n) is 10.8. The Labute approximate surface area is 107 Å². The highest BCUT2D eigenvalue weighted by molar-refractivity contribution is 5.83. The summed E-state index contributed by atoms with van der Waals surface area (Å²) in [5.41, 5.74) is 1.24. The van der Waals surface area contributed by atoms with Crippen LogP contribution in [0.15, 0.2) is 12.5 Å². The van der Waals surface area contributed by atoms with Gasteiger partial charge in [0.05, 0.1) is 12.4 Å². The molecule has 3 heterocycles. The van der Waals surface area contributed by atoms with E-state index in [1.54, 1.807) is 6.33 Å². The highest BCUT2D eigenvalue weighted by Gasteiger charge is 2.35. The first-order valence-electron chi connectivity index (χ1n) is 6.73. The fourth-order valence-electron chi connectivity index (χ4n) is 3.15. The predicted molar refractivity (Wildman–Crippen MR) is 68.2 cm³/mol. The molecular weight excluding hydrogens is 228 g/mol. The zero-order valence-corrected chi connectivity index (χ0v) is 10.8. The molecule has 0 saturated carbocycles. The number of H-pyrrole nitrogens is 1. The third-order valence-electron chi connectivity index (χ3n) is 4.33. The molecule has 1 atom stereocenters. The minimum atomic E-state index is 0.137. The first-order chi connectivity index (χ1) is 8.75. The summed E-state index contributed by atoms with van der Waals surface area (Å²) in [7, 11) is 1.90. The Bertz CT molecular complexity index is 409. The van der Waals surface area contributed by atoms with Crippen molar-refractivity contribution in [1.29, 1.82) is 0 Å². The molecule has 0 spiro atoms. The van der Waals surface area contributed by atoms with Gasteiger partial charge < -0.3 is 9.88 Å². The summed E-state index contributed by atoms with van der Waals surface area (Å²) >= 11 is 0. The van der Waals surface area contributed by atoms with Crippen molar-refractivity contribution in [1.82, 2.24) is 19.8 Å². The van der Waals surface area contributed by atoms with Crippen molar-refractivity contribution in [2.45, 2.75) is 31.2 Å². The Hall–Kier alpha value is -1.36. The number of aromatic nitrogens is 2. The lowest BCUT2D eigenvalue weighted by Gasteiger charge is -2.34. The molecule has 1 aromatic heterocycles. The van der Waals surface area contributed by atoms with Crippen LogP contribution in [0.25, 0.3) is 0 Å². The molecule has 5 heteroatoms. The van der Waals surface area contributed by atoms with Gasteiger partial charge in [0.25, 0.3) is 0 Å². The van der Waals surface area contributed by atoms with Crippen molar-refractivity contribution in [3.8, 4) is 0 Å². The number of likely N-dealkylation sites (tertiary alicyclic amines) is 2. The third kappa shape index (κ3) is 2.03. The van der Waals surface area contributed by atoms with E-state index in [2.05, 4.69) is 14.9 Å². The highest BCUT2D eigenvalue weighted by Crippen LogP contribution is 2.29. The van der Waals surface area contributed by atoms with Gasteiger partial charge in [-0.3, -0.25) is 9.69 Å². The number of hydrogen-bond donors (Lipinski definition) is 1. The second-order valence-corrected chi connectivity index (χ2v) is 5.38. The molecular formula is C13H20N4O. The minimum Gasteiger partial charge on any atom is -0.348 e. The minimum absolute atomic E-state index is 0.137. The number of nitrogens with zero attached hydrogens (tertiary/aromatic N) is 3. The van der Waals surface area contributed by atoms with Crippen molar-refractivity contribution in [2.75, 3.05) is 26.7 Å². The molecule has 18 heavy (non-hydrogen) atoms. The van der Waals surface area contributed by atoms with Crippen molar-refractivity contribution in [3.63, 3.8) is 0 Å². The Morgan fingerprint density at radius 2 is 2.06 bits per heavy atom. The summed E-state index contributed by atoms with van der Waals surface area (Å²) in [6, 6.07) is 0.137. The van der Waals surface area contributed by atoms with Crippen LogP contribution in [0, 0.1) is 0 Å². The van der Waals surface area contributed by atoms with Gasteiger partial charge >= 0.3 is 0 Å². The van der Waals surface area contributed by atoms with Gasteiger partial charge in [-0.1, -0.05) is 0 Å². The zero-order chi connectivity index (χ0) is 12.5. The normalized spacial score (nSPS) is 27.1. The van der Waals surface area contributed by atoms with Gasteiger partial charge in [-0.2, -0.15) is 0 Å². The van der Waals surface area contributed by atoms with E-state index in [9.17, 15) is 4.79 Å². The number of carbonyl (C=O) groups excluding carboxylic acids is 1. The number of aromatic amines is 1. The fraction of sp³-hybridized carbons (Fsp3) is 0.692. The lowest BCUT2D eigenvalue weighted by atomic mass is 9.93. The Balaban J connectivity index is 1.59. The van der Waals surface area contributed by atoms with Gasteiger partial charge in [-0.15, -0.1) is 0 Å². The maximum Gasteiger partial charge on any atom is 0.239 e. The molecule has 1 amide bonds. The van der Waals surface area contributed by atoms with Gasteiger partial charge in [-0.25, -0.2) is 4.98 Å². The molecule has 0 aromatic carbocycles. The molecule has 2 aliphatic rings. The van der Waals surface area contributed by atoms with E-state index in [0.29, 0.717) is 11.8 Å². The monoisotopic (exact) mass is 248 g/mol. The molecule has 1 unspecified atom stereocenters. The average Bonchev–Trinajstić information content (AvgIpc) is 3.02. The summed E-state index contributed by atoms with van der Waals surface area (Å²) in [6.07, 6.45) is 6.90. The molecule has 98 valence electrons. The van der Waals surface area contributed by atoms with Crippen molar-refractivity contribution in [2.24, 2.45) is 0 Å². The average molecular weight is 248 g/mol. The van der Waals surface area contributed by atoms with Crippen molar-refractivity contribution in [3.05, 3.63) is 18.2 Å². The topological polar surface area (TPSA) is 52.2 Å². The summed E-state index contributed by atoms with van der Waals surface area (Å²) in [4.78, 5) is 23.5. The lowest BCUT2D eigenvalue weighted by molar-refractivity contribution is -0.131. The van der Waals surface area contributed by atoms with Crippen LogP contribution in [0.1, 0.15) is 30.9 Å². The molecule has 0 radical (unpaired) electrons. The van der Waals surface area contributed by atoms with Crippen LogP contribution in [0.5, 0.6) is 0 Å². The number of piperidine rings is 1. The van der Waals surface area contributed by atoms with Crippen LogP contribution in [-0.4, -0.2) is 58.4 Å². The summed E-state index contributed by atoms with van der Waals surface area (Å²) in [6.45, 7) is 2.95. The van der Waals surface area contributed by atoms with Crippen LogP contribution in [-0.2, 0) is 4.79 Å². The Kier molecular flexibility index (Phi) is 3.07. The molecule has 2 fully saturated rings. The molecule has 3 rings (SSSR count). The van der Waals surface area contributed by atoms with Gasteiger partial charge in [0.2, 0.25) is 5.91 Å². The summed E-state index contributed by atoms with van der Waals surface area (Å²) in [5, 5.41) is 0. The summed E-state index contributed by atoms with van der Waals surface area (Å²) < 4.78 is 0. The highest BCUT2D eigenvalue weighted by atomic mass is 16.2. The number of carbonyl (C=O) groups is 1. The number of likely N-dealkylation sites (N-methyl/N-ethyl adjacent to an activating group) is 1. The lowest BCUT2D eigenvalue weighted by Crippen LogP contribution is -2.45. The van der Waals surface area contributed by atoms with E-state index < -0.39 is 0 Å². The standard InChI is InChI=1S/C13H20N4O/c1-16-5-4-12(13(16)18)17-6-2-10(3-7-17)11-8-14-9-15-11/h8-10,12H,2-7H2,1H3,(H,14,15). The van der Waals surface area contributed by atoms with Crippen LogP contribution in [0.3, 0.4) is 0 Å². The van der Waals surface area contributed by atoms with E-state index in [-0.39, 0.29) is 6.04 Å². The van der Waals surface area contributed by atoms with E-state index in [0.717, 1.165) is 38.9 Å². The maximum absolute atomic E-state index is 12.0. The smallest absolute Gasteiger partial charge is 0.239 e. The molecule has 1 aromatic rings. The number of nitrogens with one attached hydrogen (secondary N) is 1. The van der Waals surface area contributed by atoms with Crippen LogP contribution >= 0.6 is 0 Å². The maximum atomic E-state index is 12.0.